The Morgan fingerprint density at radius 1 is 1.03 bits per heavy atom. The zero-order valence-electron chi connectivity index (χ0n) is 18.3. The highest BCUT2D eigenvalue weighted by Crippen LogP contribution is 2.27. The Morgan fingerprint density at radius 3 is 2.55 bits per heavy atom. The molecule has 1 aliphatic rings. The largest absolute Gasteiger partial charge is 0.349 e. The first-order valence-electron chi connectivity index (χ1n) is 11.1. The second-order valence-electron chi connectivity index (χ2n) is 8.40. The number of thioether (sulfide) groups is 1. The number of hydrogen-bond donors (Lipinski definition) is 1. The van der Waals surface area contributed by atoms with Crippen molar-refractivity contribution in [3.8, 4) is 5.69 Å². The van der Waals surface area contributed by atoms with Gasteiger partial charge in [0.2, 0.25) is 5.91 Å². The van der Waals surface area contributed by atoms with E-state index < -0.39 is 0 Å². The topological polar surface area (TPSA) is 59.8 Å². The molecule has 0 saturated heterocycles. The Morgan fingerprint density at radius 2 is 1.81 bits per heavy atom. The lowest BCUT2D eigenvalue weighted by Crippen LogP contribution is -2.32. The molecule has 1 aliphatic carbocycles. The molecule has 1 N–H and O–H groups in total. The van der Waals surface area contributed by atoms with Crippen molar-refractivity contribution >= 4 is 17.7 Å². The molecule has 0 spiro atoms. The monoisotopic (exact) mass is 434 g/mol. The predicted molar refractivity (Wildman–Crippen MR) is 125 cm³/mol. The molecule has 3 aromatic rings. The van der Waals surface area contributed by atoms with Gasteiger partial charge in [0, 0.05) is 17.4 Å². The van der Waals surface area contributed by atoms with Crippen molar-refractivity contribution in [3.63, 3.8) is 0 Å². The molecule has 1 saturated carbocycles. The van der Waals surface area contributed by atoms with E-state index in [4.69, 9.17) is 0 Å². The summed E-state index contributed by atoms with van der Waals surface area (Å²) < 4.78 is 2.07. The highest BCUT2D eigenvalue weighted by atomic mass is 32.2. The molecule has 0 unspecified atom stereocenters. The van der Waals surface area contributed by atoms with Crippen molar-refractivity contribution in [1.82, 2.24) is 20.1 Å². The SMILES string of the molecule is Cc1ccc(-n2c(CNC(=O)C3CCCCC3)nnc2SCc2cccc(C)c2)cc1. The van der Waals surface area contributed by atoms with E-state index >= 15 is 0 Å². The van der Waals surface area contributed by atoms with Crippen LogP contribution < -0.4 is 5.32 Å². The van der Waals surface area contributed by atoms with Gasteiger partial charge in [-0.25, -0.2) is 0 Å². The Kier molecular flexibility index (Phi) is 7.07. The number of carbonyl (C=O) groups is 1. The summed E-state index contributed by atoms with van der Waals surface area (Å²) in [5.41, 5.74) is 4.74. The van der Waals surface area contributed by atoms with Crippen LogP contribution in [0.4, 0.5) is 0 Å². The van der Waals surface area contributed by atoms with Crippen molar-refractivity contribution in [2.45, 2.75) is 63.4 Å². The molecule has 5 nitrogen and oxygen atoms in total. The molecular weight excluding hydrogens is 404 g/mol. The number of carbonyl (C=O) groups excluding carboxylic acids is 1. The number of rotatable bonds is 7. The average Bonchev–Trinajstić information content (AvgIpc) is 3.20. The number of nitrogens with one attached hydrogen (secondary N) is 1. The van der Waals surface area contributed by atoms with Crippen molar-refractivity contribution in [2.75, 3.05) is 0 Å². The standard InChI is InChI=1S/C25H30N4OS/c1-18-11-13-22(14-12-18)29-23(16-26-24(30)21-9-4-3-5-10-21)27-28-25(29)31-17-20-8-6-7-19(2)15-20/h6-8,11-15,21H,3-5,9-10,16-17H2,1-2H3,(H,26,30). The average molecular weight is 435 g/mol. The van der Waals surface area contributed by atoms with Gasteiger partial charge in [-0.1, -0.05) is 78.5 Å². The molecule has 0 atom stereocenters. The summed E-state index contributed by atoms with van der Waals surface area (Å²) in [6, 6.07) is 16.9. The molecule has 6 heteroatoms. The fourth-order valence-electron chi connectivity index (χ4n) is 4.09. The van der Waals surface area contributed by atoms with Gasteiger partial charge in [0.25, 0.3) is 0 Å². The normalized spacial score (nSPS) is 14.5. The van der Waals surface area contributed by atoms with Gasteiger partial charge in [0.15, 0.2) is 11.0 Å². The van der Waals surface area contributed by atoms with E-state index in [2.05, 4.69) is 82.5 Å². The summed E-state index contributed by atoms with van der Waals surface area (Å²) in [5.74, 6) is 1.87. The minimum atomic E-state index is 0.139. The summed E-state index contributed by atoms with van der Waals surface area (Å²) in [6.07, 6.45) is 5.53. The van der Waals surface area contributed by atoms with E-state index in [1.54, 1.807) is 11.8 Å². The highest BCUT2D eigenvalue weighted by Gasteiger charge is 2.22. The molecule has 1 amide bonds. The number of aromatic nitrogens is 3. The molecule has 4 rings (SSSR count). The third kappa shape index (κ3) is 5.56. The first-order valence-corrected chi connectivity index (χ1v) is 12.1. The third-order valence-electron chi connectivity index (χ3n) is 5.84. The van der Waals surface area contributed by atoms with Crippen LogP contribution in [0.15, 0.2) is 53.7 Å². The lowest BCUT2D eigenvalue weighted by Gasteiger charge is -2.20. The molecule has 31 heavy (non-hydrogen) atoms. The van der Waals surface area contributed by atoms with Crippen molar-refractivity contribution in [3.05, 3.63) is 71.0 Å². The van der Waals surface area contributed by atoms with Crippen LogP contribution in [0.25, 0.3) is 5.69 Å². The number of benzene rings is 2. The first-order chi connectivity index (χ1) is 15.1. The molecule has 0 aliphatic heterocycles. The van der Waals surface area contributed by atoms with Crippen LogP contribution in [-0.4, -0.2) is 20.7 Å². The summed E-state index contributed by atoms with van der Waals surface area (Å²) in [4.78, 5) is 12.6. The van der Waals surface area contributed by atoms with E-state index in [1.807, 2.05) is 0 Å². The zero-order valence-corrected chi connectivity index (χ0v) is 19.1. The number of aryl methyl sites for hydroxylation is 2. The Labute approximate surface area is 188 Å². The fourth-order valence-corrected chi connectivity index (χ4v) is 5.00. The summed E-state index contributed by atoms with van der Waals surface area (Å²) in [6.45, 7) is 4.58. The third-order valence-corrected chi connectivity index (χ3v) is 6.84. The van der Waals surface area contributed by atoms with Crippen LogP contribution in [0.3, 0.4) is 0 Å². The van der Waals surface area contributed by atoms with E-state index in [0.717, 1.165) is 48.1 Å². The Balaban J connectivity index is 1.53. The van der Waals surface area contributed by atoms with Crippen LogP contribution in [0.2, 0.25) is 0 Å². The number of nitrogens with zero attached hydrogens (tertiary/aromatic N) is 3. The van der Waals surface area contributed by atoms with Gasteiger partial charge in [-0.05, 0) is 44.4 Å². The molecule has 1 fully saturated rings. The maximum Gasteiger partial charge on any atom is 0.223 e. The summed E-state index contributed by atoms with van der Waals surface area (Å²) in [5, 5.41) is 12.9. The first kappa shape index (κ1) is 21.6. The van der Waals surface area contributed by atoms with E-state index in [0.29, 0.717) is 6.54 Å². The summed E-state index contributed by atoms with van der Waals surface area (Å²) >= 11 is 1.67. The predicted octanol–water partition coefficient (Wildman–Crippen LogP) is 5.37. The van der Waals surface area contributed by atoms with E-state index in [1.165, 1.54) is 23.1 Å². The van der Waals surface area contributed by atoms with Gasteiger partial charge in [-0.2, -0.15) is 0 Å². The van der Waals surface area contributed by atoms with Gasteiger partial charge in [0.1, 0.15) is 0 Å². The van der Waals surface area contributed by atoms with Gasteiger partial charge in [0.05, 0.1) is 6.54 Å². The Bertz CT molecular complexity index is 1020. The molecule has 1 aromatic heterocycles. The lowest BCUT2D eigenvalue weighted by atomic mass is 9.89. The van der Waals surface area contributed by atoms with Crippen LogP contribution in [0, 0.1) is 19.8 Å². The van der Waals surface area contributed by atoms with Crippen LogP contribution in [0.1, 0.15) is 54.6 Å². The molecule has 2 aromatic carbocycles. The maximum atomic E-state index is 12.6. The van der Waals surface area contributed by atoms with Gasteiger partial charge in [-0.3, -0.25) is 9.36 Å². The van der Waals surface area contributed by atoms with Gasteiger partial charge < -0.3 is 5.32 Å². The minimum Gasteiger partial charge on any atom is -0.349 e. The molecule has 162 valence electrons. The van der Waals surface area contributed by atoms with Crippen LogP contribution in [-0.2, 0) is 17.1 Å². The number of hydrogen-bond acceptors (Lipinski definition) is 4. The van der Waals surface area contributed by atoms with E-state index in [-0.39, 0.29) is 11.8 Å². The van der Waals surface area contributed by atoms with Crippen LogP contribution >= 0.6 is 11.8 Å². The van der Waals surface area contributed by atoms with Crippen molar-refractivity contribution in [1.29, 1.82) is 0 Å². The molecule has 1 heterocycles. The Hall–Kier alpha value is -2.60. The fraction of sp³-hybridized carbons (Fsp3) is 0.400. The second-order valence-corrected chi connectivity index (χ2v) is 9.34. The van der Waals surface area contributed by atoms with E-state index in [9.17, 15) is 4.79 Å². The van der Waals surface area contributed by atoms with Crippen LogP contribution in [0.5, 0.6) is 0 Å². The van der Waals surface area contributed by atoms with Crippen molar-refractivity contribution < 1.29 is 4.79 Å². The highest BCUT2D eigenvalue weighted by molar-refractivity contribution is 7.98. The maximum absolute atomic E-state index is 12.6. The summed E-state index contributed by atoms with van der Waals surface area (Å²) in [7, 11) is 0. The van der Waals surface area contributed by atoms with Gasteiger partial charge >= 0.3 is 0 Å². The minimum absolute atomic E-state index is 0.139. The molecule has 0 radical (unpaired) electrons. The second kappa shape index (κ2) is 10.1. The lowest BCUT2D eigenvalue weighted by molar-refractivity contribution is -0.126. The van der Waals surface area contributed by atoms with Gasteiger partial charge in [-0.15, -0.1) is 10.2 Å². The smallest absolute Gasteiger partial charge is 0.223 e. The van der Waals surface area contributed by atoms with Crippen molar-refractivity contribution in [2.24, 2.45) is 5.92 Å². The molecular formula is C25H30N4OS. The quantitative estimate of drug-likeness (QED) is 0.508. The number of amides is 1. The zero-order chi connectivity index (χ0) is 21.6. The molecule has 0 bridgehead atoms.